The molecular weight excluding hydrogens is 290 g/mol. The van der Waals surface area contributed by atoms with Gasteiger partial charge in [0.2, 0.25) is 0 Å². The van der Waals surface area contributed by atoms with Crippen LogP contribution in [-0.4, -0.2) is 21.6 Å². The van der Waals surface area contributed by atoms with Crippen molar-refractivity contribution in [3.63, 3.8) is 0 Å². The fourth-order valence-electron chi connectivity index (χ4n) is 2.09. The van der Waals surface area contributed by atoms with Crippen LogP contribution in [0.3, 0.4) is 0 Å². The number of aromatic nitrogens is 3. The molecule has 0 aliphatic rings. The van der Waals surface area contributed by atoms with Crippen LogP contribution in [0.4, 0.5) is 0 Å². The SMILES string of the molecule is CCOc1ncc2c[nH]c(=O)c(-c3ccc(Cl)cc3)c2n1. The Morgan fingerprint density at radius 1 is 1.29 bits per heavy atom. The molecule has 6 heteroatoms. The number of rotatable bonds is 3. The summed E-state index contributed by atoms with van der Waals surface area (Å²) in [5.41, 5.74) is 1.56. The molecule has 0 fully saturated rings. The van der Waals surface area contributed by atoms with Crippen molar-refractivity contribution in [2.75, 3.05) is 6.61 Å². The van der Waals surface area contributed by atoms with E-state index in [1.807, 2.05) is 6.92 Å². The minimum atomic E-state index is -0.217. The van der Waals surface area contributed by atoms with E-state index in [0.29, 0.717) is 22.7 Å². The van der Waals surface area contributed by atoms with Crippen LogP contribution in [0.5, 0.6) is 6.01 Å². The van der Waals surface area contributed by atoms with Gasteiger partial charge >= 0.3 is 6.01 Å². The van der Waals surface area contributed by atoms with Crippen molar-refractivity contribution in [1.29, 1.82) is 0 Å². The first-order valence-electron chi connectivity index (χ1n) is 6.46. The van der Waals surface area contributed by atoms with E-state index in [1.165, 1.54) is 0 Å². The van der Waals surface area contributed by atoms with Crippen LogP contribution in [0.2, 0.25) is 5.02 Å². The molecule has 0 saturated heterocycles. The highest BCUT2D eigenvalue weighted by atomic mass is 35.5. The highest BCUT2D eigenvalue weighted by Gasteiger charge is 2.12. The van der Waals surface area contributed by atoms with E-state index >= 15 is 0 Å². The van der Waals surface area contributed by atoms with Gasteiger partial charge in [-0.25, -0.2) is 4.98 Å². The molecule has 0 amide bonds. The maximum Gasteiger partial charge on any atom is 0.316 e. The lowest BCUT2D eigenvalue weighted by Crippen LogP contribution is -2.10. The summed E-state index contributed by atoms with van der Waals surface area (Å²) in [6.45, 7) is 2.32. The number of halogens is 1. The lowest BCUT2D eigenvalue weighted by Gasteiger charge is -2.07. The Labute approximate surface area is 125 Å². The summed E-state index contributed by atoms with van der Waals surface area (Å²) in [4.78, 5) is 23.3. The normalized spacial score (nSPS) is 10.8. The zero-order valence-corrected chi connectivity index (χ0v) is 12.0. The van der Waals surface area contributed by atoms with E-state index in [1.54, 1.807) is 36.7 Å². The first-order chi connectivity index (χ1) is 10.2. The smallest absolute Gasteiger partial charge is 0.316 e. The number of nitrogens with zero attached hydrogens (tertiary/aromatic N) is 2. The highest BCUT2D eigenvalue weighted by Crippen LogP contribution is 2.25. The molecule has 0 aliphatic carbocycles. The summed E-state index contributed by atoms with van der Waals surface area (Å²) >= 11 is 5.89. The topological polar surface area (TPSA) is 67.9 Å². The molecule has 0 radical (unpaired) electrons. The highest BCUT2D eigenvalue weighted by molar-refractivity contribution is 6.30. The summed E-state index contributed by atoms with van der Waals surface area (Å²) in [6, 6.07) is 7.30. The molecule has 0 saturated carbocycles. The molecule has 1 aromatic carbocycles. The van der Waals surface area contributed by atoms with Crippen molar-refractivity contribution in [3.05, 3.63) is 52.0 Å². The van der Waals surface area contributed by atoms with Gasteiger partial charge in [0.05, 0.1) is 17.7 Å². The van der Waals surface area contributed by atoms with Gasteiger partial charge in [-0.15, -0.1) is 0 Å². The predicted molar refractivity (Wildman–Crippen MR) is 81.8 cm³/mol. The second-order valence-electron chi connectivity index (χ2n) is 4.39. The third-order valence-electron chi connectivity index (χ3n) is 3.02. The van der Waals surface area contributed by atoms with Gasteiger partial charge < -0.3 is 9.72 Å². The van der Waals surface area contributed by atoms with Crippen molar-refractivity contribution in [2.45, 2.75) is 6.92 Å². The zero-order valence-electron chi connectivity index (χ0n) is 11.3. The molecule has 1 N–H and O–H groups in total. The lowest BCUT2D eigenvalue weighted by molar-refractivity contribution is 0.314. The van der Waals surface area contributed by atoms with E-state index < -0.39 is 0 Å². The number of H-pyrrole nitrogens is 1. The summed E-state index contributed by atoms with van der Waals surface area (Å²) < 4.78 is 5.31. The number of hydrogen-bond donors (Lipinski definition) is 1. The quantitative estimate of drug-likeness (QED) is 0.807. The van der Waals surface area contributed by atoms with Crippen LogP contribution >= 0.6 is 11.6 Å². The van der Waals surface area contributed by atoms with Gasteiger partial charge in [-0.3, -0.25) is 4.79 Å². The van der Waals surface area contributed by atoms with Gasteiger partial charge in [-0.2, -0.15) is 4.98 Å². The fraction of sp³-hybridized carbons (Fsp3) is 0.133. The number of pyridine rings is 1. The van der Waals surface area contributed by atoms with E-state index in [-0.39, 0.29) is 11.6 Å². The summed E-state index contributed by atoms with van der Waals surface area (Å²) in [6.07, 6.45) is 3.22. The summed E-state index contributed by atoms with van der Waals surface area (Å²) in [7, 11) is 0. The van der Waals surface area contributed by atoms with Crippen LogP contribution in [0.25, 0.3) is 22.0 Å². The van der Waals surface area contributed by atoms with Crippen molar-refractivity contribution in [3.8, 4) is 17.1 Å². The molecule has 21 heavy (non-hydrogen) atoms. The van der Waals surface area contributed by atoms with Crippen molar-refractivity contribution >= 4 is 22.5 Å². The van der Waals surface area contributed by atoms with Crippen LogP contribution in [0, 0.1) is 0 Å². The van der Waals surface area contributed by atoms with Gasteiger partial charge in [0.25, 0.3) is 5.56 Å². The second-order valence-corrected chi connectivity index (χ2v) is 4.83. The Bertz CT molecular complexity index is 844. The average Bonchev–Trinajstić information content (AvgIpc) is 2.49. The van der Waals surface area contributed by atoms with Gasteiger partial charge in [0.1, 0.15) is 0 Å². The Morgan fingerprint density at radius 2 is 2.05 bits per heavy atom. The number of fused-ring (bicyclic) bond motifs is 1. The maximum absolute atomic E-state index is 12.2. The van der Waals surface area contributed by atoms with Crippen molar-refractivity contribution < 1.29 is 4.74 Å². The summed E-state index contributed by atoms with van der Waals surface area (Å²) in [5.74, 6) is 0. The number of hydrogen-bond acceptors (Lipinski definition) is 4. The van der Waals surface area contributed by atoms with Gasteiger partial charge in [0.15, 0.2) is 0 Å². The van der Waals surface area contributed by atoms with Crippen LogP contribution in [-0.2, 0) is 0 Å². The third kappa shape index (κ3) is 2.60. The first-order valence-corrected chi connectivity index (χ1v) is 6.84. The second kappa shape index (κ2) is 5.54. The first kappa shape index (κ1) is 13.6. The largest absolute Gasteiger partial charge is 0.464 e. The van der Waals surface area contributed by atoms with E-state index in [0.717, 1.165) is 10.9 Å². The Morgan fingerprint density at radius 3 is 2.76 bits per heavy atom. The standard InChI is InChI=1S/C15H12ClN3O2/c1-2-21-15-18-8-10-7-17-14(20)12(13(10)19-15)9-3-5-11(16)6-4-9/h3-8H,2H2,1H3,(H,17,20). The number of aromatic amines is 1. The van der Waals surface area contributed by atoms with E-state index in [9.17, 15) is 4.79 Å². The molecule has 0 atom stereocenters. The fourth-order valence-corrected chi connectivity index (χ4v) is 2.21. The molecule has 2 heterocycles. The molecule has 2 aromatic heterocycles. The third-order valence-corrected chi connectivity index (χ3v) is 3.28. The van der Waals surface area contributed by atoms with Gasteiger partial charge in [0, 0.05) is 22.8 Å². The Kier molecular flexibility index (Phi) is 3.58. The molecule has 0 unspecified atom stereocenters. The van der Waals surface area contributed by atoms with Crippen LogP contribution < -0.4 is 10.3 Å². The van der Waals surface area contributed by atoms with Crippen LogP contribution in [0.15, 0.2) is 41.5 Å². The average molecular weight is 302 g/mol. The molecule has 106 valence electrons. The maximum atomic E-state index is 12.2. The van der Waals surface area contributed by atoms with E-state index in [4.69, 9.17) is 16.3 Å². The molecule has 0 spiro atoms. The molecule has 0 aliphatic heterocycles. The number of benzene rings is 1. The Balaban J connectivity index is 2.28. The van der Waals surface area contributed by atoms with Crippen molar-refractivity contribution in [1.82, 2.24) is 15.0 Å². The van der Waals surface area contributed by atoms with Crippen LogP contribution in [0.1, 0.15) is 6.92 Å². The lowest BCUT2D eigenvalue weighted by atomic mass is 10.1. The van der Waals surface area contributed by atoms with Crippen molar-refractivity contribution in [2.24, 2.45) is 0 Å². The molecule has 0 bridgehead atoms. The van der Waals surface area contributed by atoms with Gasteiger partial charge in [-0.1, -0.05) is 23.7 Å². The minimum absolute atomic E-state index is 0.217. The minimum Gasteiger partial charge on any atom is -0.464 e. The molecular formula is C15H12ClN3O2. The Hall–Kier alpha value is -2.40. The predicted octanol–water partition coefficient (Wildman–Crippen LogP) is 3.04. The van der Waals surface area contributed by atoms with Gasteiger partial charge in [-0.05, 0) is 24.6 Å². The molecule has 5 nitrogen and oxygen atoms in total. The number of nitrogens with one attached hydrogen (secondary N) is 1. The monoisotopic (exact) mass is 301 g/mol. The van der Waals surface area contributed by atoms with E-state index in [2.05, 4.69) is 15.0 Å². The molecule has 3 rings (SSSR count). The molecule has 3 aromatic rings. The summed E-state index contributed by atoms with van der Waals surface area (Å²) in [5, 5.41) is 1.35. The zero-order chi connectivity index (χ0) is 14.8. The number of ether oxygens (including phenoxy) is 1.